The number of rotatable bonds is 6. The number of likely N-dealkylation sites (N-methyl/N-ethyl adjacent to an activating group) is 1. The average Bonchev–Trinajstić information content (AvgIpc) is 3.33. The zero-order valence-corrected chi connectivity index (χ0v) is 21.7. The highest BCUT2D eigenvalue weighted by atomic mass is 16.5. The molecule has 1 fully saturated rings. The van der Waals surface area contributed by atoms with Gasteiger partial charge in [0.05, 0.1) is 17.9 Å². The fourth-order valence-corrected chi connectivity index (χ4v) is 5.46. The Morgan fingerprint density at radius 3 is 2.69 bits per heavy atom. The maximum Gasteiger partial charge on any atom is 0.219 e. The molecule has 3 aromatic rings. The summed E-state index contributed by atoms with van der Waals surface area (Å²) < 4.78 is 7.37. The Balaban J connectivity index is 1.57. The van der Waals surface area contributed by atoms with E-state index < -0.39 is 0 Å². The molecule has 2 aliphatic heterocycles. The van der Waals surface area contributed by atoms with Crippen LogP contribution in [0.5, 0.6) is 0 Å². The first kappa shape index (κ1) is 24.5. The van der Waals surface area contributed by atoms with Gasteiger partial charge in [0.1, 0.15) is 0 Å². The van der Waals surface area contributed by atoms with E-state index >= 15 is 0 Å². The van der Waals surface area contributed by atoms with Crippen molar-refractivity contribution in [1.82, 2.24) is 30.3 Å². The minimum Gasteiger partial charge on any atom is -0.385 e. The molecule has 0 radical (unpaired) electrons. The minimum atomic E-state index is -0.0383. The lowest BCUT2D eigenvalue weighted by molar-refractivity contribution is -0.128. The Labute approximate surface area is 212 Å². The number of carbonyl (C=O) groups excluding carboxylic acids is 1. The zero-order chi connectivity index (χ0) is 25.2. The largest absolute Gasteiger partial charge is 0.385 e. The number of amides is 1. The van der Waals surface area contributed by atoms with Gasteiger partial charge in [-0.2, -0.15) is 5.10 Å². The molecule has 36 heavy (non-hydrogen) atoms. The monoisotopic (exact) mass is 488 g/mol. The Bertz CT molecular complexity index is 1290. The topological polar surface area (TPSA) is 84.3 Å². The molecule has 8 heteroatoms. The molecule has 2 aliphatic rings. The van der Waals surface area contributed by atoms with E-state index in [0.717, 1.165) is 55.7 Å². The molecular formula is C28H36N6O2. The van der Waals surface area contributed by atoms with Crippen molar-refractivity contribution in [3.8, 4) is 11.3 Å². The molecule has 1 aromatic carbocycles. The molecule has 0 aliphatic carbocycles. The molecule has 2 N–H and O–H groups in total. The number of hydrogen-bond acceptors (Lipinski definition) is 6. The van der Waals surface area contributed by atoms with Crippen LogP contribution in [0.25, 0.3) is 22.0 Å². The first-order valence-corrected chi connectivity index (χ1v) is 12.8. The van der Waals surface area contributed by atoms with Gasteiger partial charge in [-0.3, -0.25) is 14.5 Å². The Hall–Kier alpha value is -3.23. The van der Waals surface area contributed by atoms with E-state index in [0.29, 0.717) is 12.6 Å². The molecule has 0 bridgehead atoms. The van der Waals surface area contributed by atoms with Gasteiger partial charge < -0.3 is 20.3 Å². The van der Waals surface area contributed by atoms with Crippen LogP contribution in [0, 0.1) is 6.92 Å². The van der Waals surface area contributed by atoms with E-state index in [2.05, 4.69) is 40.9 Å². The van der Waals surface area contributed by atoms with Crippen molar-refractivity contribution >= 4 is 16.7 Å². The average molecular weight is 489 g/mol. The lowest BCUT2D eigenvalue weighted by atomic mass is 9.88. The van der Waals surface area contributed by atoms with Gasteiger partial charge in [0.15, 0.2) is 0 Å². The summed E-state index contributed by atoms with van der Waals surface area (Å²) in [7, 11) is 3.92. The maximum atomic E-state index is 12.3. The number of aromatic nitrogens is 3. The maximum absolute atomic E-state index is 12.3. The van der Waals surface area contributed by atoms with Crippen LogP contribution < -0.4 is 10.6 Å². The van der Waals surface area contributed by atoms with Crippen LogP contribution in [0.4, 0.5) is 0 Å². The van der Waals surface area contributed by atoms with Gasteiger partial charge in [-0.05, 0) is 55.0 Å². The summed E-state index contributed by atoms with van der Waals surface area (Å²) in [5.41, 5.74) is 6.79. The van der Waals surface area contributed by atoms with Gasteiger partial charge in [0, 0.05) is 81.8 Å². The molecule has 1 saturated heterocycles. The van der Waals surface area contributed by atoms with Crippen molar-refractivity contribution in [3.63, 3.8) is 0 Å². The van der Waals surface area contributed by atoms with Gasteiger partial charge in [-0.1, -0.05) is 12.1 Å². The number of benzene rings is 1. The summed E-state index contributed by atoms with van der Waals surface area (Å²) in [6, 6.07) is 6.92. The highest BCUT2D eigenvalue weighted by Crippen LogP contribution is 2.35. The van der Waals surface area contributed by atoms with Gasteiger partial charge >= 0.3 is 0 Å². The van der Waals surface area contributed by atoms with E-state index in [1.54, 1.807) is 11.6 Å². The highest BCUT2D eigenvalue weighted by molar-refractivity contribution is 5.91. The van der Waals surface area contributed by atoms with Crippen molar-refractivity contribution in [1.29, 1.82) is 0 Å². The Morgan fingerprint density at radius 1 is 1.19 bits per heavy atom. The first-order valence-electron chi connectivity index (χ1n) is 12.8. The molecule has 190 valence electrons. The van der Waals surface area contributed by atoms with E-state index in [-0.39, 0.29) is 11.9 Å². The second-order valence-corrected chi connectivity index (χ2v) is 9.94. The fraction of sp³-hybridized carbons (Fsp3) is 0.464. The summed E-state index contributed by atoms with van der Waals surface area (Å²) >= 11 is 0. The molecule has 0 saturated carbocycles. The smallest absolute Gasteiger partial charge is 0.219 e. The SMILES string of the molecule is CNC(C1=C(NC2CCOCC2)CCN(C(C)=O)C1)c1ccc(C)c2cc(-c3cnn(C)c3)ncc12. The van der Waals surface area contributed by atoms with Crippen molar-refractivity contribution in [2.75, 3.05) is 33.4 Å². The number of nitrogens with one attached hydrogen (secondary N) is 2. The number of carbonyl (C=O) groups is 1. The van der Waals surface area contributed by atoms with Crippen LogP contribution in [-0.4, -0.2) is 65.0 Å². The summed E-state index contributed by atoms with van der Waals surface area (Å²) in [6.45, 7) is 6.75. The number of ether oxygens (including phenoxy) is 1. The van der Waals surface area contributed by atoms with Gasteiger partial charge in [0.2, 0.25) is 5.91 Å². The molecule has 4 heterocycles. The molecule has 0 spiro atoms. The summed E-state index contributed by atoms with van der Waals surface area (Å²) in [4.78, 5) is 19.1. The lowest BCUT2D eigenvalue weighted by Crippen LogP contribution is -2.43. The summed E-state index contributed by atoms with van der Waals surface area (Å²) in [5.74, 6) is 0.115. The third kappa shape index (κ3) is 4.88. The van der Waals surface area contributed by atoms with Crippen LogP contribution in [0.2, 0.25) is 0 Å². The predicted molar refractivity (Wildman–Crippen MR) is 141 cm³/mol. The standard InChI is InChI=1S/C28H36N6O2/c1-18-5-6-22(24-15-30-27(13-23(18)24)20-14-31-33(4)16-20)28(29-3)25-17-34(19(2)35)10-7-26(25)32-21-8-11-36-12-9-21/h5-6,13-16,21,28-29,32H,7-12,17H2,1-4H3. The van der Waals surface area contributed by atoms with Gasteiger partial charge in [0.25, 0.3) is 0 Å². The molecule has 2 aromatic heterocycles. The van der Waals surface area contributed by atoms with Crippen molar-refractivity contribution in [2.24, 2.45) is 7.05 Å². The van der Waals surface area contributed by atoms with Crippen molar-refractivity contribution < 1.29 is 9.53 Å². The van der Waals surface area contributed by atoms with Gasteiger partial charge in [-0.15, -0.1) is 0 Å². The van der Waals surface area contributed by atoms with Crippen LogP contribution in [0.3, 0.4) is 0 Å². The minimum absolute atomic E-state index is 0.0383. The lowest BCUT2D eigenvalue weighted by Gasteiger charge is -2.37. The van der Waals surface area contributed by atoms with E-state index in [4.69, 9.17) is 9.72 Å². The number of hydrogen-bond donors (Lipinski definition) is 2. The van der Waals surface area contributed by atoms with Crippen LogP contribution in [0.15, 0.2) is 48.1 Å². The van der Waals surface area contributed by atoms with E-state index in [1.165, 1.54) is 27.8 Å². The quantitative estimate of drug-likeness (QED) is 0.553. The molecule has 5 rings (SSSR count). The van der Waals surface area contributed by atoms with Crippen LogP contribution in [0.1, 0.15) is 43.4 Å². The molecule has 1 atom stereocenters. The zero-order valence-electron chi connectivity index (χ0n) is 21.7. The second-order valence-electron chi connectivity index (χ2n) is 9.94. The molecule has 8 nitrogen and oxygen atoms in total. The Morgan fingerprint density at radius 2 is 2.00 bits per heavy atom. The number of pyridine rings is 1. The number of fused-ring (bicyclic) bond motifs is 1. The third-order valence-electron chi connectivity index (χ3n) is 7.53. The van der Waals surface area contributed by atoms with Crippen molar-refractivity contribution in [2.45, 2.75) is 45.2 Å². The predicted octanol–water partition coefficient (Wildman–Crippen LogP) is 3.48. The third-order valence-corrected chi connectivity index (χ3v) is 7.53. The molecule has 1 unspecified atom stereocenters. The second kappa shape index (κ2) is 10.4. The molecular weight excluding hydrogens is 452 g/mol. The fourth-order valence-electron chi connectivity index (χ4n) is 5.46. The van der Waals surface area contributed by atoms with E-state index in [1.807, 2.05) is 37.6 Å². The summed E-state index contributed by atoms with van der Waals surface area (Å²) in [5, 5.41) is 14.0. The Kier molecular flexibility index (Phi) is 7.07. The van der Waals surface area contributed by atoms with Crippen LogP contribution >= 0.6 is 0 Å². The molecule has 1 amide bonds. The number of aryl methyl sites for hydroxylation is 2. The summed E-state index contributed by atoms with van der Waals surface area (Å²) in [6.07, 6.45) is 8.67. The first-order chi connectivity index (χ1) is 17.4. The number of nitrogens with zero attached hydrogens (tertiary/aromatic N) is 4. The van der Waals surface area contributed by atoms with Crippen molar-refractivity contribution in [3.05, 3.63) is 59.2 Å². The van der Waals surface area contributed by atoms with Gasteiger partial charge in [-0.25, -0.2) is 0 Å². The normalized spacial score (nSPS) is 18.1. The highest BCUT2D eigenvalue weighted by Gasteiger charge is 2.29. The van der Waals surface area contributed by atoms with Crippen LogP contribution in [-0.2, 0) is 16.6 Å². The van der Waals surface area contributed by atoms with E-state index in [9.17, 15) is 4.79 Å².